The summed E-state index contributed by atoms with van der Waals surface area (Å²) in [6, 6.07) is 26.8. The van der Waals surface area contributed by atoms with Crippen molar-refractivity contribution < 1.29 is 28.6 Å². The first-order valence-electron chi connectivity index (χ1n) is 18.7. The molecule has 3 aliphatic heterocycles. The topological polar surface area (TPSA) is 133 Å². The molecule has 0 radical (unpaired) electrons. The number of rotatable bonds is 6. The van der Waals surface area contributed by atoms with Gasteiger partial charge in [-0.15, -0.1) is 0 Å². The van der Waals surface area contributed by atoms with Crippen molar-refractivity contribution >= 4 is 35.1 Å². The van der Waals surface area contributed by atoms with Gasteiger partial charge in [-0.25, -0.2) is 9.59 Å². The number of methoxy groups -OCH3 is 2. The molecule has 0 N–H and O–H groups in total. The lowest BCUT2D eigenvalue weighted by Gasteiger charge is -2.63. The fourth-order valence-corrected chi connectivity index (χ4v) is 9.66. The Hall–Kier alpha value is -6.34. The van der Waals surface area contributed by atoms with Crippen molar-refractivity contribution in [1.82, 2.24) is 18.9 Å². The van der Waals surface area contributed by atoms with Crippen molar-refractivity contribution in [3.05, 3.63) is 151 Å². The van der Waals surface area contributed by atoms with Gasteiger partial charge in [0.15, 0.2) is 11.6 Å². The Balaban J connectivity index is 1.63. The third-order valence-corrected chi connectivity index (χ3v) is 12.4. The number of aromatic nitrogens is 2. The largest absolute Gasteiger partial charge is 0.496 e. The fraction of sp³-hybridized carbons (Fsp3) is 0.295. The number of nitrogens with zero attached hydrogens (tertiary/aromatic N) is 5. The van der Waals surface area contributed by atoms with Gasteiger partial charge in [0.1, 0.15) is 11.5 Å². The van der Waals surface area contributed by atoms with Crippen LogP contribution in [-0.4, -0.2) is 71.3 Å². The first-order valence-corrected chi connectivity index (χ1v) is 19.1. The molecule has 13 nitrogen and oxygen atoms in total. The molecule has 1 spiro atoms. The Morgan fingerprint density at radius 3 is 1.83 bits per heavy atom. The van der Waals surface area contributed by atoms with Crippen LogP contribution in [0.25, 0.3) is 0 Å². The van der Waals surface area contributed by atoms with Gasteiger partial charge in [0, 0.05) is 67.8 Å². The molecular weight excluding hydrogens is 762 g/mol. The van der Waals surface area contributed by atoms with Gasteiger partial charge in [-0.1, -0.05) is 77.8 Å². The molecule has 1 aromatic heterocycles. The zero-order valence-electron chi connectivity index (χ0n) is 33.0. The number of amides is 4. The molecule has 0 aliphatic carbocycles. The first-order chi connectivity index (χ1) is 27.8. The van der Waals surface area contributed by atoms with E-state index in [4.69, 9.17) is 25.8 Å². The normalized spacial score (nSPS) is 22.4. The molecule has 5 aromatic rings. The summed E-state index contributed by atoms with van der Waals surface area (Å²) in [5, 5.41) is 0.431. The second kappa shape index (κ2) is 14.2. The molecular formula is C44H42ClN5O8. The Morgan fingerprint density at radius 1 is 0.690 bits per heavy atom. The molecule has 5 atom stereocenters. The Bertz CT molecular complexity index is 2580. The molecule has 4 amide bonds. The Kier molecular flexibility index (Phi) is 9.46. The number of urea groups is 1. The summed E-state index contributed by atoms with van der Waals surface area (Å²) in [5.74, 6) is -3.74. The highest BCUT2D eigenvalue weighted by molar-refractivity contribution is 6.30. The summed E-state index contributed by atoms with van der Waals surface area (Å²) in [6.45, 7) is 1.93. The number of para-hydroxylation sites is 2. The number of hydrogen-bond donors (Lipinski definition) is 0. The summed E-state index contributed by atoms with van der Waals surface area (Å²) in [6.07, 6.45) is -1.11. The highest BCUT2D eigenvalue weighted by Crippen LogP contribution is 2.66. The van der Waals surface area contributed by atoms with E-state index in [-0.39, 0.29) is 11.4 Å². The van der Waals surface area contributed by atoms with Crippen LogP contribution in [0, 0.1) is 18.3 Å². The number of ether oxygens (including phenoxy) is 3. The second-order valence-corrected chi connectivity index (χ2v) is 15.5. The minimum Gasteiger partial charge on any atom is -0.496 e. The summed E-state index contributed by atoms with van der Waals surface area (Å²) in [4.78, 5) is 77.8. The minimum absolute atomic E-state index is 0.0207. The van der Waals surface area contributed by atoms with E-state index < -0.39 is 64.5 Å². The molecule has 0 bridgehead atoms. The van der Waals surface area contributed by atoms with Gasteiger partial charge in [-0.2, -0.15) is 0 Å². The highest BCUT2D eigenvalue weighted by atomic mass is 35.5. The Labute approximate surface area is 339 Å². The van der Waals surface area contributed by atoms with E-state index in [9.17, 15) is 14.4 Å². The third kappa shape index (κ3) is 5.39. The van der Waals surface area contributed by atoms with Gasteiger partial charge < -0.3 is 19.1 Å². The molecule has 14 heteroatoms. The van der Waals surface area contributed by atoms with E-state index in [1.807, 2.05) is 48.2 Å². The number of halogens is 1. The van der Waals surface area contributed by atoms with E-state index in [1.54, 1.807) is 60.7 Å². The molecule has 2 fully saturated rings. The van der Waals surface area contributed by atoms with Crippen molar-refractivity contribution in [2.75, 3.05) is 33.2 Å². The SMILES string of the molecule is COc1ccccc1[C@H]1c2c(n(C)c(=O)n(C)c2=O)O[C@H]2[C@@H]1[C@H](c1ccc(C)cc1)C1(C(=O)N(C)C(=O)N(C)C1=O)[C@H](c1ccccc1OC)N2c1ccc(Cl)cc1. The average molecular weight is 804 g/mol. The number of piperidine rings is 1. The van der Waals surface area contributed by atoms with Crippen LogP contribution in [0.15, 0.2) is 107 Å². The van der Waals surface area contributed by atoms with Crippen LogP contribution in [0.1, 0.15) is 45.7 Å². The molecule has 3 aliphatic rings. The van der Waals surface area contributed by atoms with Crippen LogP contribution in [0.5, 0.6) is 17.4 Å². The minimum atomic E-state index is -2.14. The number of anilines is 1. The Morgan fingerprint density at radius 2 is 1.24 bits per heavy atom. The van der Waals surface area contributed by atoms with Crippen LogP contribution in [0.3, 0.4) is 0 Å². The molecule has 2 saturated heterocycles. The monoisotopic (exact) mass is 803 g/mol. The van der Waals surface area contributed by atoms with Gasteiger partial charge in [0.2, 0.25) is 17.7 Å². The van der Waals surface area contributed by atoms with E-state index in [0.717, 1.165) is 19.9 Å². The van der Waals surface area contributed by atoms with Gasteiger partial charge in [0.25, 0.3) is 5.56 Å². The highest BCUT2D eigenvalue weighted by Gasteiger charge is 2.73. The summed E-state index contributed by atoms with van der Waals surface area (Å²) < 4.78 is 21.4. The van der Waals surface area contributed by atoms with Crippen molar-refractivity contribution in [3.63, 3.8) is 0 Å². The summed E-state index contributed by atoms with van der Waals surface area (Å²) in [7, 11) is 8.71. The van der Waals surface area contributed by atoms with E-state index in [1.165, 1.54) is 47.0 Å². The molecule has 298 valence electrons. The quantitative estimate of drug-likeness (QED) is 0.201. The molecule has 0 saturated carbocycles. The van der Waals surface area contributed by atoms with E-state index in [2.05, 4.69) is 0 Å². The van der Waals surface area contributed by atoms with Crippen LogP contribution in [0.4, 0.5) is 10.5 Å². The summed E-state index contributed by atoms with van der Waals surface area (Å²) >= 11 is 6.50. The number of imide groups is 2. The molecule has 58 heavy (non-hydrogen) atoms. The lowest BCUT2D eigenvalue weighted by atomic mass is 9.52. The van der Waals surface area contributed by atoms with E-state index in [0.29, 0.717) is 38.9 Å². The van der Waals surface area contributed by atoms with E-state index >= 15 is 9.59 Å². The number of hydrogen-bond acceptors (Lipinski definition) is 9. The van der Waals surface area contributed by atoms with Crippen LogP contribution >= 0.6 is 11.6 Å². The van der Waals surface area contributed by atoms with Crippen molar-refractivity contribution in [2.45, 2.75) is 31.0 Å². The molecule has 0 unspecified atom stereocenters. The smallest absolute Gasteiger partial charge is 0.333 e. The maximum Gasteiger partial charge on any atom is 0.333 e. The van der Waals surface area contributed by atoms with Crippen LogP contribution in [0.2, 0.25) is 5.02 Å². The maximum absolute atomic E-state index is 15.8. The van der Waals surface area contributed by atoms with Gasteiger partial charge in [-0.05, 0) is 48.9 Å². The number of carbonyl (C=O) groups is 3. The van der Waals surface area contributed by atoms with Crippen molar-refractivity contribution in [1.29, 1.82) is 0 Å². The molecule has 4 aromatic carbocycles. The van der Waals surface area contributed by atoms with Crippen LogP contribution in [-0.2, 0) is 23.7 Å². The first kappa shape index (κ1) is 38.5. The summed E-state index contributed by atoms with van der Waals surface area (Å²) in [5.41, 5.74) is -0.198. The predicted molar refractivity (Wildman–Crippen MR) is 217 cm³/mol. The number of carbonyl (C=O) groups excluding carboxylic acids is 3. The lowest BCUT2D eigenvalue weighted by molar-refractivity contribution is -0.169. The van der Waals surface area contributed by atoms with Crippen LogP contribution < -0.4 is 30.4 Å². The van der Waals surface area contributed by atoms with Gasteiger partial charge in [0.05, 0.1) is 25.8 Å². The van der Waals surface area contributed by atoms with Crippen molar-refractivity contribution in [2.24, 2.45) is 25.4 Å². The third-order valence-electron chi connectivity index (χ3n) is 12.1. The number of aryl methyl sites for hydroxylation is 1. The average Bonchev–Trinajstić information content (AvgIpc) is 3.25. The standard InChI is InChI=1S/C44H42ClN5O8/c1-24-16-18-25(19-17-24)35-33-32(28-12-8-10-14-30(28)56-6)34-37(51)46(2)42(54)47(3)38(34)58-39(33)50(27-22-20-26(45)21-23-27)36(29-13-9-11-15-31(29)57-7)44(35)40(52)48(4)43(55)49(5)41(44)53/h8-23,32-33,35-36,39H,1-7H3/t32-,33+,35+,36+,39+/m1/s1. The van der Waals surface area contributed by atoms with Crippen molar-refractivity contribution in [3.8, 4) is 17.4 Å². The zero-order chi connectivity index (χ0) is 41.4. The lowest BCUT2D eigenvalue weighted by Crippen LogP contribution is -2.75. The predicted octanol–water partition coefficient (Wildman–Crippen LogP) is 5.61. The van der Waals surface area contributed by atoms with Gasteiger partial charge in [-0.3, -0.25) is 33.3 Å². The number of barbiturate groups is 1. The maximum atomic E-state index is 15.8. The number of fused-ring (bicyclic) bond motifs is 2. The molecule has 8 rings (SSSR count). The second-order valence-electron chi connectivity index (χ2n) is 15.0. The number of benzene rings is 4. The van der Waals surface area contributed by atoms with Gasteiger partial charge >= 0.3 is 11.7 Å². The fourth-order valence-electron chi connectivity index (χ4n) is 9.54. The molecule has 4 heterocycles. The zero-order valence-corrected chi connectivity index (χ0v) is 33.8.